The number of aromatic nitrogens is 1. The minimum absolute atomic E-state index is 0.0122. The number of anilines is 1. The molecule has 0 radical (unpaired) electrons. The Morgan fingerprint density at radius 2 is 2.04 bits per heavy atom. The summed E-state index contributed by atoms with van der Waals surface area (Å²) in [5.41, 5.74) is 2.82. The first-order chi connectivity index (χ1) is 13.1. The highest BCUT2D eigenvalue weighted by Gasteiger charge is 2.29. The lowest BCUT2D eigenvalue weighted by Gasteiger charge is -2.28. The second-order valence-electron chi connectivity index (χ2n) is 7.39. The molecule has 0 spiro atoms. The lowest BCUT2D eigenvalue weighted by Crippen LogP contribution is -2.35. The third-order valence-corrected chi connectivity index (χ3v) is 5.84. The summed E-state index contributed by atoms with van der Waals surface area (Å²) in [7, 11) is 2.13. The third kappa shape index (κ3) is 4.09. The summed E-state index contributed by atoms with van der Waals surface area (Å²) in [6.45, 7) is 2.09. The van der Waals surface area contributed by atoms with Gasteiger partial charge in [-0.05, 0) is 56.0 Å². The van der Waals surface area contributed by atoms with E-state index >= 15 is 0 Å². The summed E-state index contributed by atoms with van der Waals surface area (Å²) < 4.78 is 5.96. The van der Waals surface area contributed by atoms with E-state index < -0.39 is 0 Å². The third-order valence-electron chi connectivity index (χ3n) is 5.49. The first-order valence-corrected chi connectivity index (χ1v) is 9.87. The molecule has 1 aromatic carbocycles. The maximum atomic E-state index is 12.7. The number of pyridine rings is 1. The van der Waals surface area contributed by atoms with Gasteiger partial charge in [0.15, 0.2) is 0 Å². The quantitative estimate of drug-likeness (QED) is 0.867. The van der Waals surface area contributed by atoms with E-state index in [2.05, 4.69) is 22.2 Å². The second-order valence-corrected chi connectivity index (χ2v) is 7.80. The summed E-state index contributed by atoms with van der Waals surface area (Å²) in [5.74, 6) is 0.441. The number of nitrogens with one attached hydrogen (secondary N) is 1. The number of hydrogen-bond acceptors (Lipinski definition) is 4. The molecule has 1 aromatic heterocycles. The van der Waals surface area contributed by atoms with E-state index in [0.717, 1.165) is 54.9 Å². The average molecular weight is 386 g/mol. The Hall–Kier alpha value is -2.11. The van der Waals surface area contributed by atoms with Gasteiger partial charge in [0.1, 0.15) is 6.10 Å². The maximum absolute atomic E-state index is 12.7. The number of benzene rings is 1. The van der Waals surface area contributed by atoms with Crippen LogP contribution in [0.4, 0.5) is 5.69 Å². The van der Waals surface area contributed by atoms with Crippen LogP contribution in [0.2, 0.25) is 5.02 Å². The van der Waals surface area contributed by atoms with Crippen molar-refractivity contribution in [2.24, 2.45) is 0 Å². The van der Waals surface area contributed by atoms with E-state index in [1.807, 2.05) is 30.3 Å². The standard InChI is InChI=1S/C21H24ClN3O2/c1-25-11-9-15(10-12-25)27-20-8-5-14(13-23-20)24-21(26)18-7-6-17-16(18)3-2-4-19(17)22/h2-5,8,13,15,18H,6-7,9-12H2,1H3,(H,24,26). The Kier molecular flexibility index (Phi) is 5.32. The molecule has 5 nitrogen and oxygen atoms in total. The van der Waals surface area contributed by atoms with Gasteiger partial charge < -0.3 is 15.0 Å². The summed E-state index contributed by atoms with van der Waals surface area (Å²) in [6, 6.07) is 9.46. The number of likely N-dealkylation sites (tertiary alicyclic amines) is 1. The van der Waals surface area contributed by atoms with E-state index in [-0.39, 0.29) is 17.9 Å². The number of rotatable bonds is 4. The molecule has 1 aliphatic carbocycles. The number of halogens is 1. The average Bonchev–Trinajstić information content (AvgIpc) is 3.11. The monoisotopic (exact) mass is 385 g/mol. The molecule has 1 amide bonds. The number of piperidine rings is 1. The van der Waals surface area contributed by atoms with Crippen LogP contribution in [0, 0.1) is 0 Å². The molecule has 1 saturated heterocycles. The predicted molar refractivity (Wildman–Crippen MR) is 107 cm³/mol. The molecule has 1 atom stereocenters. The number of carbonyl (C=O) groups excluding carboxylic acids is 1. The highest BCUT2D eigenvalue weighted by atomic mass is 35.5. The molecule has 1 aliphatic heterocycles. The van der Waals surface area contributed by atoms with Crippen molar-refractivity contribution in [2.45, 2.75) is 37.7 Å². The van der Waals surface area contributed by atoms with Crippen molar-refractivity contribution >= 4 is 23.2 Å². The lowest BCUT2D eigenvalue weighted by atomic mass is 10.0. The highest BCUT2D eigenvalue weighted by Crippen LogP contribution is 2.37. The largest absolute Gasteiger partial charge is 0.474 e. The van der Waals surface area contributed by atoms with Gasteiger partial charge in [0.05, 0.1) is 17.8 Å². The van der Waals surface area contributed by atoms with E-state index in [9.17, 15) is 4.79 Å². The summed E-state index contributed by atoms with van der Waals surface area (Å²) in [5, 5.41) is 3.72. The van der Waals surface area contributed by atoms with Crippen molar-refractivity contribution in [2.75, 3.05) is 25.5 Å². The molecule has 2 aromatic rings. The van der Waals surface area contributed by atoms with Gasteiger partial charge in [0, 0.05) is 24.2 Å². The van der Waals surface area contributed by atoms with Crippen LogP contribution in [0.1, 0.15) is 36.3 Å². The molecule has 2 aliphatic rings. The molecule has 142 valence electrons. The van der Waals surface area contributed by atoms with Gasteiger partial charge in [-0.25, -0.2) is 4.98 Å². The minimum Gasteiger partial charge on any atom is -0.474 e. The van der Waals surface area contributed by atoms with Gasteiger partial charge in [-0.3, -0.25) is 4.79 Å². The van der Waals surface area contributed by atoms with Crippen LogP contribution in [-0.4, -0.2) is 42.0 Å². The molecule has 4 rings (SSSR count). The van der Waals surface area contributed by atoms with Crippen LogP contribution in [-0.2, 0) is 11.2 Å². The molecule has 1 fully saturated rings. The second kappa shape index (κ2) is 7.87. The van der Waals surface area contributed by atoms with Crippen LogP contribution in [0.3, 0.4) is 0 Å². The normalized spacial score (nSPS) is 20.3. The van der Waals surface area contributed by atoms with Crippen LogP contribution in [0.15, 0.2) is 36.5 Å². The van der Waals surface area contributed by atoms with Gasteiger partial charge in [0.25, 0.3) is 0 Å². The van der Waals surface area contributed by atoms with Crippen LogP contribution in [0.25, 0.3) is 0 Å². The number of fused-ring (bicyclic) bond motifs is 1. The fourth-order valence-corrected chi connectivity index (χ4v) is 4.19. The summed E-state index contributed by atoms with van der Waals surface area (Å²) in [4.78, 5) is 19.4. The van der Waals surface area contributed by atoms with Crippen LogP contribution in [0.5, 0.6) is 5.88 Å². The molecule has 2 heterocycles. The van der Waals surface area contributed by atoms with Crippen molar-refractivity contribution in [3.05, 3.63) is 52.7 Å². The van der Waals surface area contributed by atoms with Crippen LogP contribution < -0.4 is 10.1 Å². The van der Waals surface area contributed by atoms with Crippen molar-refractivity contribution in [1.82, 2.24) is 9.88 Å². The molecular weight excluding hydrogens is 362 g/mol. The topological polar surface area (TPSA) is 54.5 Å². The number of amides is 1. The fraction of sp³-hybridized carbons (Fsp3) is 0.429. The Morgan fingerprint density at radius 3 is 2.78 bits per heavy atom. The van der Waals surface area contributed by atoms with Crippen molar-refractivity contribution in [1.29, 1.82) is 0 Å². The fourth-order valence-electron chi connectivity index (χ4n) is 3.91. The first kappa shape index (κ1) is 18.3. The number of nitrogens with zero attached hydrogens (tertiary/aromatic N) is 2. The Balaban J connectivity index is 1.36. The molecule has 0 bridgehead atoms. The number of ether oxygens (including phenoxy) is 1. The smallest absolute Gasteiger partial charge is 0.231 e. The lowest BCUT2D eigenvalue weighted by molar-refractivity contribution is -0.117. The molecule has 1 unspecified atom stereocenters. The van der Waals surface area contributed by atoms with E-state index in [0.29, 0.717) is 11.6 Å². The number of carbonyl (C=O) groups is 1. The van der Waals surface area contributed by atoms with Crippen molar-refractivity contribution < 1.29 is 9.53 Å². The molecule has 6 heteroatoms. The zero-order chi connectivity index (χ0) is 18.8. The van der Waals surface area contributed by atoms with Crippen molar-refractivity contribution in [3.63, 3.8) is 0 Å². The zero-order valence-corrected chi connectivity index (χ0v) is 16.2. The maximum Gasteiger partial charge on any atom is 0.231 e. The molecular formula is C21H24ClN3O2. The van der Waals surface area contributed by atoms with E-state index in [1.165, 1.54) is 0 Å². The predicted octanol–water partition coefficient (Wildman–Crippen LogP) is 3.88. The SMILES string of the molecule is CN1CCC(Oc2ccc(NC(=O)C3CCc4c(Cl)cccc43)cn2)CC1. The molecule has 1 N–H and O–H groups in total. The first-order valence-electron chi connectivity index (χ1n) is 9.49. The van der Waals surface area contributed by atoms with Gasteiger partial charge >= 0.3 is 0 Å². The highest BCUT2D eigenvalue weighted by molar-refractivity contribution is 6.31. The Labute approximate surface area is 164 Å². The van der Waals surface area contributed by atoms with Crippen LogP contribution >= 0.6 is 11.6 Å². The molecule has 27 heavy (non-hydrogen) atoms. The summed E-state index contributed by atoms with van der Waals surface area (Å²) in [6.07, 6.45) is 5.54. The summed E-state index contributed by atoms with van der Waals surface area (Å²) >= 11 is 6.25. The zero-order valence-electron chi connectivity index (χ0n) is 15.5. The Bertz CT molecular complexity index is 817. The van der Waals surface area contributed by atoms with Gasteiger partial charge in [-0.15, -0.1) is 0 Å². The number of hydrogen-bond donors (Lipinski definition) is 1. The van der Waals surface area contributed by atoms with Gasteiger partial charge in [0.2, 0.25) is 11.8 Å². The molecule has 0 saturated carbocycles. The van der Waals surface area contributed by atoms with Gasteiger partial charge in [-0.2, -0.15) is 0 Å². The van der Waals surface area contributed by atoms with Gasteiger partial charge in [-0.1, -0.05) is 23.7 Å². The minimum atomic E-state index is -0.158. The Morgan fingerprint density at radius 1 is 1.22 bits per heavy atom. The van der Waals surface area contributed by atoms with E-state index in [4.69, 9.17) is 16.3 Å². The van der Waals surface area contributed by atoms with E-state index in [1.54, 1.807) is 6.20 Å². The van der Waals surface area contributed by atoms with Crippen molar-refractivity contribution in [3.8, 4) is 5.88 Å².